The quantitative estimate of drug-likeness (QED) is 0.640. The smallest absolute Gasteiger partial charge is 0.203 e. The minimum absolute atomic E-state index is 0.715. The van der Waals surface area contributed by atoms with E-state index < -0.39 is 0 Å². The largest absolute Gasteiger partial charge is 0.463 e. The molecule has 0 unspecified atom stereocenters. The number of hydrogen-bond donors (Lipinski definition) is 1. The lowest BCUT2D eigenvalue weighted by atomic mass is 10.4. The van der Waals surface area contributed by atoms with E-state index in [4.69, 9.17) is 4.42 Å². The third-order valence-corrected chi connectivity index (χ3v) is 2.90. The van der Waals surface area contributed by atoms with Gasteiger partial charge in [0.05, 0.1) is 18.2 Å². The maximum Gasteiger partial charge on any atom is 0.203 e. The molecule has 15 heavy (non-hydrogen) atoms. The van der Waals surface area contributed by atoms with Gasteiger partial charge in [0, 0.05) is 4.88 Å². The van der Waals surface area contributed by atoms with E-state index in [-0.39, 0.29) is 0 Å². The van der Waals surface area contributed by atoms with E-state index in [2.05, 4.69) is 15.5 Å². The van der Waals surface area contributed by atoms with Crippen LogP contribution in [0.1, 0.15) is 16.3 Å². The summed E-state index contributed by atoms with van der Waals surface area (Å²) in [5.74, 6) is 0.715. The molecule has 0 aliphatic carbocycles. The highest BCUT2D eigenvalue weighted by molar-refractivity contribution is 7.15. The summed E-state index contributed by atoms with van der Waals surface area (Å²) in [5, 5.41) is 4.82. The molecule has 0 atom stereocenters. The molecule has 0 aliphatic heterocycles. The van der Waals surface area contributed by atoms with Crippen molar-refractivity contribution in [1.29, 1.82) is 0 Å². The van der Waals surface area contributed by atoms with Crippen molar-refractivity contribution >= 4 is 22.7 Å². The van der Waals surface area contributed by atoms with Crippen LogP contribution >= 0.6 is 11.3 Å². The zero-order valence-electron chi connectivity index (χ0n) is 8.52. The summed E-state index contributed by atoms with van der Waals surface area (Å²) in [5.41, 5.74) is 3.90. The van der Waals surface area contributed by atoms with Crippen molar-refractivity contribution in [3.8, 4) is 0 Å². The number of hydrazone groups is 1. The number of aryl methyl sites for hydroxylation is 2. The number of thiazole rings is 1. The Kier molecular flexibility index (Phi) is 2.82. The van der Waals surface area contributed by atoms with Crippen LogP contribution in [-0.4, -0.2) is 11.2 Å². The second-order valence-electron chi connectivity index (χ2n) is 3.05. The van der Waals surface area contributed by atoms with Crippen LogP contribution in [0.15, 0.2) is 27.9 Å². The van der Waals surface area contributed by atoms with Crippen molar-refractivity contribution in [3.63, 3.8) is 0 Å². The van der Waals surface area contributed by atoms with Crippen LogP contribution in [0, 0.1) is 13.8 Å². The topological polar surface area (TPSA) is 50.4 Å². The summed E-state index contributed by atoms with van der Waals surface area (Å²) < 4.78 is 5.09. The second kappa shape index (κ2) is 4.27. The third-order valence-electron chi connectivity index (χ3n) is 1.92. The van der Waals surface area contributed by atoms with Gasteiger partial charge in [0.15, 0.2) is 0 Å². The van der Waals surface area contributed by atoms with E-state index in [0.717, 1.165) is 10.8 Å². The van der Waals surface area contributed by atoms with Gasteiger partial charge in [0.1, 0.15) is 5.76 Å². The van der Waals surface area contributed by atoms with Gasteiger partial charge in [-0.3, -0.25) is 5.43 Å². The molecule has 4 nitrogen and oxygen atoms in total. The highest BCUT2D eigenvalue weighted by Gasteiger charge is 2.00. The minimum atomic E-state index is 0.715. The SMILES string of the molecule is Cc1nc(N/N=C\c2ccco2)sc1C. The lowest BCUT2D eigenvalue weighted by molar-refractivity contribution is 0.560. The molecule has 0 aromatic carbocycles. The number of nitrogens with one attached hydrogen (secondary N) is 1. The fraction of sp³-hybridized carbons (Fsp3) is 0.200. The van der Waals surface area contributed by atoms with Gasteiger partial charge in [-0.15, -0.1) is 11.3 Å². The summed E-state index contributed by atoms with van der Waals surface area (Å²) >= 11 is 1.58. The maximum absolute atomic E-state index is 5.09. The highest BCUT2D eigenvalue weighted by Crippen LogP contribution is 2.20. The number of nitrogens with zero attached hydrogens (tertiary/aromatic N) is 2. The Labute approximate surface area is 91.7 Å². The molecule has 0 fully saturated rings. The third kappa shape index (κ3) is 2.44. The Morgan fingerprint density at radius 2 is 2.40 bits per heavy atom. The molecule has 0 spiro atoms. The van der Waals surface area contributed by atoms with Crippen LogP contribution in [0.2, 0.25) is 0 Å². The van der Waals surface area contributed by atoms with Gasteiger partial charge in [-0.2, -0.15) is 5.10 Å². The normalized spacial score (nSPS) is 11.1. The van der Waals surface area contributed by atoms with E-state index >= 15 is 0 Å². The van der Waals surface area contributed by atoms with Gasteiger partial charge in [0.25, 0.3) is 0 Å². The van der Waals surface area contributed by atoms with E-state index in [1.807, 2.05) is 26.0 Å². The molecule has 2 aromatic heterocycles. The van der Waals surface area contributed by atoms with Crippen molar-refractivity contribution in [2.75, 3.05) is 5.43 Å². The van der Waals surface area contributed by atoms with Gasteiger partial charge in [-0.05, 0) is 26.0 Å². The first-order valence-corrected chi connectivity index (χ1v) is 5.34. The Hall–Kier alpha value is -1.62. The molecule has 1 N–H and O–H groups in total. The zero-order chi connectivity index (χ0) is 10.7. The molecule has 2 rings (SSSR count). The second-order valence-corrected chi connectivity index (χ2v) is 4.25. The molecule has 0 amide bonds. The number of anilines is 1. The standard InChI is InChI=1S/C10H11N3OS/c1-7-8(2)15-10(12-7)13-11-6-9-4-3-5-14-9/h3-6H,1-2H3,(H,12,13)/b11-6-. The van der Waals surface area contributed by atoms with Crippen LogP contribution in [0.4, 0.5) is 5.13 Å². The summed E-state index contributed by atoms with van der Waals surface area (Å²) in [6.45, 7) is 4.02. The molecule has 2 aromatic rings. The van der Waals surface area contributed by atoms with E-state index in [0.29, 0.717) is 5.76 Å². The summed E-state index contributed by atoms with van der Waals surface area (Å²) in [7, 11) is 0. The van der Waals surface area contributed by atoms with Crippen molar-refractivity contribution < 1.29 is 4.42 Å². The Bertz CT molecular complexity index is 439. The molecule has 0 saturated heterocycles. The number of aromatic nitrogens is 1. The molecule has 0 bridgehead atoms. The first kappa shape index (κ1) is 9.92. The maximum atomic E-state index is 5.09. The van der Waals surface area contributed by atoms with E-state index in [1.165, 1.54) is 4.88 Å². The summed E-state index contributed by atoms with van der Waals surface area (Å²) in [4.78, 5) is 5.49. The molecule has 5 heteroatoms. The molecule has 0 aliphatic rings. The van der Waals surface area contributed by atoms with E-state index in [1.54, 1.807) is 23.8 Å². The fourth-order valence-electron chi connectivity index (χ4n) is 1.04. The molecule has 78 valence electrons. The number of rotatable bonds is 3. The van der Waals surface area contributed by atoms with Crippen molar-refractivity contribution in [1.82, 2.24) is 4.98 Å². The van der Waals surface area contributed by atoms with E-state index in [9.17, 15) is 0 Å². The average Bonchev–Trinajstić information content (AvgIpc) is 2.79. The molecular formula is C10H11N3OS. The van der Waals surface area contributed by atoms with Crippen molar-refractivity contribution in [2.24, 2.45) is 5.10 Å². The van der Waals surface area contributed by atoms with Crippen LogP contribution in [0.25, 0.3) is 0 Å². The lowest BCUT2D eigenvalue weighted by Crippen LogP contribution is -1.88. The summed E-state index contributed by atoms with van der Waals surface area (Å²) in [6.07, 6.45) is 3.23. The first-order valence-electron chi connectivity index (χ1n) is 4.52. The fourth-order valence-corrected chi connectivity index (χ4v) is 1.80. The zero-order valence-corrected chi connectivity index (χ0v) is 9.34. The highest BCUT2D eigenvalue weighted by atomic mass is 32.1. The van der Waals surface area contributed by atoms with Gasteiger partial charge in [-0.1, -0.05) is 0 Å². The predicted molar refractivity (Wildman–Crippen MR) is 61.5 cm³/mol. The predicted octanol–water partition coefficient (Wildman–Crippen LogP) is 2.80. The van der Waals surface area contributed by atoms with Crippen LogP contribution in [0.5, 0.6) is 0 Å². The Morgan fingerprint density at radius 3 is 3.00 bits per heavy atom. The lowest BCUT2D eigenvalue weighted by Gasteiger charge is -1.90. The van der Waals surface area contributed by atoms with Crippen LogP contribution in [0.3, 0.4) is 0 Å². The van der Waals surface area contributed by atoms with Gasteiger partial charge in [-0.25, -0.2) is 4.98 Å². The van der Waals surface area contributed by atoms with Crippen LogP contribution in [-0.2, 0) is 0 Å². The minimum Gasteiger partial charge on any atom is -0.463 e. The summed E-state index contributed by atoms with van der Waals surface area (Å²) in [6, 6.07) is 3.66. The average molecular weight is 221 g/mol. The first-order chi connectivity index (χ1) is 7.25. The number of furan rings is 1. The van der Waals surface area contributed by atoms with Crippen molar-refractivity contribution in [2.45, 2.75) is 13.8 Å². The van der Waals surface area contributed by atoms with Gasteiger partial charge < -0.3 is 4.42 Å². The molecule has 0 radical (unpaired) electrons. The van der Waals surface area contributed by atoms with Gasteiger partial charge in [0.2, 0.25) is 5.13 Å². The monoisotopic (exact) mass is 221 g/mol. The Morgan fingerprint density at radius 1 is 1.53 bits per heavy atom. The molecular weight excluding hydrogens is 210 g/mol. The molecule has 2 heterocycles. The van der Waals surface area contributed by atoms with Crippen molar-refractivity contribution in [3.05, 3.63) is 34.7 Å². The molecule has 0 saturated carbocycles. The Balaban J connectivity index is 1.99. The number of hydrogen-bond acceptors (Lipinski definition) is 5. The van der Waals surface area contributed by atoms with Gasteiger partial charge >= 0.3 is 0 Å². The van der Waals surface area contributed by atoms with Crippen LogP contribution < -0.4 is 5.43 Å².